The maximum Gasteiger partial charge on any atom is 0.332 e. The normalized spacial score (nSPS) is 20.8. The Morgan fingerprint density at radius 3 is 2.42 bits per heavy atom. The average Bonchev–Trinajstić information content (AvgIpc) is 2.28. The van der Waals surface area contributed by atoms with E-state index in [4.69, 9.17) is 5.11 Å². The highest BCUT2D eigenvalue weighted by molar-refractivity contribution is 8.18. The van der Waals surface area contributed by atoms with Crippen molar-refractivity contribution in [2.24, 2.45) is 0 Å². The predicted molar refractivity (Wildman–Crippen MR) is 41.5 cm³/mol. The van der Waals surface area contributed by atoms with Crippen molar-refractivity contribution in [3.8, 4) is 0 Å². The van der Waals surface area contributed by atoms with E-state index < -0.39 is 17.1 Å². The van der Waals surface area contributed by atoms with Crippen molar-refractivity contribution in [3.05, 3.63) is 10.5 Å². The number of nitrogens with one attached hydrogen (secondary N) is 1. The summed E-state index contributed by atoms with van der Waals surface area (Å²) in [5.74, 6) is -1.83. The zero-order valence-corrected chi connectivity index (χ0v) is 6.90. The van der Waals surface area contributed by atoms with E-state index in [1.165, 1.54) is 6.92 Å². The Bertz CT molecular complexity index is 307. The molecule has 0 aromatic rings. The van der Waals surface area contributed by atoms with Gasteiger partial charge in [0.15, 0.2) is 0 Å². The van der Waals surface area contributed by atoms with Gasteiger partial charge >= 0.3 is 5.97 Å². The number of aliphatic carboxylic acids is 1. The van der Waals surface area contributed by atoms with Gasteiger partial charge in [-0.15, -0.1) is 0 Å². The molecule has 0 spiro atoms. The van der Waals surface area contributed by atoms with Crippen LogP contribution < -0.4 is 5.32 Å². The molecular formula is C6H5NO4S. The first kappa shape index (κ1) is 8.79. The van der Waals surface area contributed by atoms with Gasteiger partial charge in [-0.3, -0.25) is 14.9 Å². The summed E-state index contributed by atoms with van der Waals surface area (Å²) in [6, 6.07) is 0. The van der Waals surface area contributed by atoms with Gasteiger partial charge in [0, 0.05) is 0 Å². The predicted octanol–water partition coefficient (Wildman–Crippen LogP) is 0.328. The molecule has 1 saturated heterocycles. The Labute approximate surface area is 71.8 Å². The Hall–Kier alpha value is -1.30. The number of carbonyl (C=O) groups excluding carboxylic acids is 2. The molecule has 2 amide bonds. The number of thioether (sulfide) groups is 1. The van der Waals surface area contributed by atoms with E-state index in [1.807, 2.05) is 5.32 Å². The molecule has 0 aliphatic carbocycles. The van der Waals surface area contributed by atoms with Gasteiger partial charge in [0.1, 0.15) is 0 Å². The number of carboxylic acids is 1. The summed E-state index contributed by atoms with van der Waals surface area (Å²) in [5, 5.41) is 9.92. The van der Waals surface area contributed by atoms with Gasteiger partial charge < -0.3 is 5.11 Å². The molecule has 0 saturated carbocycles. The fraction of sp³-hybridized carbons (Fsp3) is 0.167. The van der Waals surface area contributed by atoms with Crippen molar-refractivity contribution in [1.82, 2.24) is 5.32 Å². The summed E-state index contributed by atoms with van der Waals surface area (Å²) in [6.45, 7) is 1.28. The molecule has 0 unspecified atom stereocenters. The monoisotopic (exact) mass is 187 g/mol. The molecule has 12 heavy (non-hydrogen) atoms. The van der Waals surface area contributed by atoms with Crippen LogP contribution in [0.3, 0.4) is 0 Å². The zero-order chi connectivity index (χ0) is 9.30. The molecule has 5 nitrogen and oxygen atoms in total. The van der Waals surface area contributed by atoms with Crippen molar-refractivity contribution in [2.75, 3.05) is 0 Å². The van der Waals surface area contributed by atoms with Crippen molar-refractivity contribution < 1.29 is 19.5 Å². The molecule has 0 atom stereocenters. The standard InChI is InChI=1S/C6H5NO4S/c1-2(5(9)10)3-4(8)7-6(11)12-3/h1H3,(H,9,10)(H,7,8,11)/b3-2-. The summed E-state index contributed by atoms with van der Waals surface area (Å²) in [5.41, 5.74) is -0.108. The Balaban J connectivity index is 3.03. The van der Waals surface area contributed by atoms with Crippen LogP contribution in [0.4, 0.5) is 4.79 Å². The van der Waals surface area contributed by atoms with E-state index in [0.29, 0.717) is 11.8 Å². The third kappa shape index (κ3) is 1.48. The van der Waals surface area contributed by atoms with Gasteiger partial charge in [-0.05, 0) is 18.7 Å². The second kappa shape index (κ2) is 2.98. The molecule has 64 valence electrons. The minimum absolute atomic E-state index is 0.0347. The quantitative estimate of drug-likeness (QED) is 0.578. The Kier molecular flexibility index (Phi) is 2.18. The number of hydrogen-bond acceptors (Lipinski definition) is 4. The summed E-state index contributed by atoms with van der Waals surface area (Å²) in [7, 11) is 0. The smallest absolute Gasteiger partial charge is 0.332 e. The first-order chi connectivity index (χ1) is 5.52. The lowest BCUT2D eigenvalue weighted by molar-refractivity contribution is -0.133. The van der Waals surface area contributed by atoms with Gasteiger partial charge in [-0.25, -0.2) is 4.79 Å². The minimum Gasteiger partial charge on any atom is -0.478 e. The van der Waals surface area contributed by atoms with Gasteiger partial charge in [0.05, 0.1) is 10.5 Å². The maximum atomic E-state index is 10.9. The maximum absolute atomic E-state index is 10.9. The highest BCUT2D eigenvalue weighted by atomic mass is 32.2. The fourth-order valence-electron chi connectivity index (χ4n) is 0.658. The Morgan fingerprint density at radius 1 is 1.50 bits per heavy atom. The third-order valence-corrected chi connectivity index (χ3v) is 2.26. The summed E-state index contributed by atoms with van der Waals surface area (Å²) >= 11 is 0.609. The average molecular weight is 187 g/mol. The molecule has 1 heterocycles. The van der Waals surface area contributed by atoms with Crippen LogP contribution >= 0.6 is 11.8 Å². The molecule has 0 aromatic carbocycles. The first-order valence-electron chi connectivity index (χ1n) is 2.99. The number of amides is 2. The second-order valence-electron chi connectivity index (χ2n) is 2.10. The van der Waals surface area contributed by atoms with Crippen LogP contribution in [0.2, 0.25) is 0 Å². The molecule has 1 rings (SSSR count). The molecule has 1 aliphatic rings. The molecule has 0 radical (unpaired) electrons. The molecule has 2 N–H and O–H groups in total. The lowest BCUT2D eigenvalue weighted by Crippen LogP contribution is -2.19. The topological polar surface area (TPSA) is 83.5 Å². The fourth-order valence-corrected chi connectivity index (χ4v) is 1.37. The van der Waals surface area contributed by atoms with E-state index in [2.05, 4.69) is 0 Å². The number of carbonyl (C=O) groups is 3. The third-order valence-electron chi connectivity index (χ3n) is 1.28. The molecule has 1 aliphatic heterocycles. The molecule has 1 fully saturated rings. The van der Waals surface area contributed by atoms with Crippen LogP contribution in [0.15, 0.2) is 10.5 Å². The van der Waals surface area contributed by atoms with Crippen LogP contribution in [0.1, 0.15) is 6.92 Å². The SMILES string of the molecule is C/C(C(=O)O)=C1/SC(=O)NC1=O. The molecule has 6 heteroatoms. The van der Waals surface area contributed by atoms with Gasteiger partial charge in [0.2, 0.25) is 0 Å². The van der Waals surface area contributed by atoms with Crippen LogP contribution in [-0.2, 0) is 9.59 Å². The van der Waals surface area contributed by atoms with Crippen molar-refractivity contribution in [2.45, 2.75) is 6.92 Å². The van der Waals surface area contributed by atoms with E-state index in [9.17, 15) is 14.4 Å². The van der Waals surface area contributed by atoms with Crippen LogP contribution in [-0.4, -0.2) is 22.2 Å². The number of carboxylic acid groups (broad SMARTS) is 1. The molecule has 0 bridgehead atoms. The number of hydrogen-bond donors (Lipinski definition) is 2. The largest absolute Gasteiger partial charge is 0.478 e. The summed E-state index contributed by atoms with van der Waals surface area (Å²) in [6.07, 6.45) is 0. The highest BCUT2D eigenvalue weighted by Gasteiger charge is 2.28. The highest BCUT2D eigenvalue weighted by Crippen LogP contribution is 2.26. The summed E-state index contributed by atoms with van der Waals surface area (Å²) in [4.78, 5) is 31.8. The minimum atomic E-state index is -1.19. The van der Waals surface area contributed by atoms with Crippen molar-refractivity contribution >= 4 is 28.9 Å². The first-order valence-corrected chi connectivity index (χ1v) is 3.81. The zero-order valence-electron chi connectivity index (χ0n) is 6.08. The molecule has 0 aromatic heterocycles. The van der Waals surface area contributed by atoms with E-state index in [-0.39, 0.29) is 10.5 Å². The van der Waals surface area contributed by atoms with Crippen molar-refractivity contribution in [1.29, 1.82) is 0 Å². The Morgan fingerprint density at radius 2 is 2.08 bits per heavy atom. The van der Waals surface area contributed by atoms with Crippen LogP contribution in [0.5, 0.6) is 0 Å². The number of rotatable bonds is 1. The second-order valence-corrected chi connectivity index (χ2v) is 3.09. The van der Waals surface area contributed by atoms with Crippen LogP contribution in [0.25, 0.3) is 0 Å². The lowest BCUT2D eigenvalue weighted by Gasteiger charge is -1.93. The van der Waals surface area contributed by atoms with E-state index in [0.717, 1.165) is 0 Å². The molecular weight excluding hydrogens is 182 g/mol. The van der Waals surface area contributed by atoms with Gasteiger partial charge in [-0.2, -0.15) is 0 Å². The van der Waals surface area contributed by atoms with Gasteiger partial charge in [-0.1, -0.05) is 0 Å². The summed E-state index contributed by atoms with van der Waals surface area (Å²) < 4.78 is 0. The van der Waals surface area contributed by atoms with Crippen LogP contribution in [0, 0.1) is 0 Å². The van der Waals surface area contributed by atoms with E-state index >= 15 is 0 Å². The van der Waals surface area contributed by atoms with E-state index in [1.54, 1.807) is 0 Å². The van der Waals surface area contributed by atoms with Gasteiger partial charge in [0.25, 0.3) is 11.1 Å². The number of imide groups is 1. The van der Waals surface area contributed by atoms with Crippen molar-refractivity contribution in [3.63, 3.8) is 0 Å². The lowest BCUT2D eigenvalue weighted by atomic mass is 10.3.